The molecule has 1 aromatic rings. The maximum atomic E-state index is 3.57. The maximum absolute atomic E-state index is 3.57. The third-order valence-corrected chi connectivity index (χ3v) is 3.61. The van der Waals surface area contributed by atoms with Crippen LogP contribution in [0.3, 0.4) is 0 Å². The summed E-state index contributed by atoms with van der Waals surface area (Å²) in [6, 6.07) is 7.44. The second-order valence-corrected chi connectivity index (χ2v) is 5.13. The Morgan fingerprint density at radius 3 is 2.88 bits per heavy atom. The molecule has 1 atom stereocenters. The Balaban J connectivity index is 2.10. The van der Waals surface area contributed by atoms with Crippen molar-refractivity contribution in [1.82, 2.24) is 5.32 Å². The quantitative estimate of drug-likeness (QED) is 0.862. The van der Waals surface area contributed by atoms with Crippen LogP contribution in [0.1, 0.15) is 30.9 Å². The molecule has 1 saturated heterocycles. The number of nitrogens with one attached hydrogen (secondary N) is 1. The van der Waals surface area contributed by atoms with Crippen molar-refractivity contribution in [2.24, 2.45) is 0 Å². The van der Waals surface area contributed by atoms with E-state index in [4.69, 9.17) is 0 Å². The molecule has 0 aromatic heterocycles. The Labute approximate surface area is 105 Å². The van der Waals surface area contributed by atoms with Gasteiger partial charge in [0.25, 0.3) is 0 Å². The fourth-order valence-corrected chi connectivity index (χ4v) is 2.81. The molecule has 1 N–H and O–H groups in total. The summed E-state index contributed by atoms with van der Waals surface area (Å²) < 4.78 is 0. The van der Waals surface area contributed by atoms with Crippen LogP contribution >= 0.6 is 0 Å². The number of likely N-dealkylation sites (N-methyl/N-ethyl adjacent to an activating group) is 1. The Bertz CT molecular complexity index is 371. The number of rotatable bonds is 3. The molecule has 1 heterocycles. The zero-order valence-corrected chi connectivity index (χ0v) is 11.3. The molecule has 94 valence electrons. The van der Waals surface area contributed by atoms with E-state index < -0.39 is 0 Å². The monoisotopic (exact) mass is 232 g/mol. The van der Waals surface area contributed by atoms with Crippen molar-refractivity contribution in [1.29, 1.82) is 0 Å². The summed E-state index contributed by atoms with van der Waals surface area (Å²) in [7, 11) is 0. The molecule has 2 nitrogen and oxygen atoms in total. The predicted molar refractivity (Wildman–Crippen MR) is 74.8 cm³/mol. The highest BCUT2D eigenvalue weighted by Gasteiger charge is 2.20. The summed E-state index contributed by atoms with van der Waals surface area (Å²) in [5, 5.41) is 3.57. The highest BCUT2D eigenvalue weighted by Crippen LogP contribution is 2.24. The highest BCUT2D eigenvalue weighted by molar-refractivity contribution is 5.54. The van der Waals surface area contributed by atoms with Gasteiger partial charge in [-0.1, -0.05) is 24.6 Å². The van der Waals surface area contributed by atoms with Crippen LogP contribution in [0.4, 0.5) is 5.69 Å². The summed E-state index contributed by atoms with van der Waals surface area (Å²) in [5.74, 6) is 0. The van der Waals surface area contributed by atoms with Crippen molar-refractivity contribution in [2.45, 2.75) is 39.7 Å². The summed E-state index contributed by atoms with van der Waals surface area (Å²) in [5.41, 5.74) is 4.17. The zero-order chi connectivity index (χ0) is 12.3. The molecule has 0 spiro atoms. The van der Waals surface area contributed by atoms with Gasteiger partial charge in [-0.05, 0) is 44.9 Å². The van der Waals surface area contributed by atoms with E-state index in [1.54, 1.807) is 0 Å². The van der Waals surface area contributed by atoms with E-state index in [2.05, 4.69) is 49.2 Å². The first-order valence-electron chi connectivity index (χ1n) is 6.76. The Morgan fingerprint density at radius 1 is 1.35 bits per heavy atom. The summed E-state index contributed by atoms with van der Waals surface area (Å²) in [6.45, 7) is 10.00. The number of aryl methyl sites for hydroxylation is 2. The maximum Gasteiger partial charge on any atom is 0.0396 e. The van der Waals surface area contributed by atoms with Gasteiger partial charge in [0.05, 0.1) is 0 Å². The molecule has 0 amide bonds. The van der Waals surface area contributed by atoms with Crippen LogP contribution in [0.25, 0.3) is 0 Å². The van der Waals surface area contributed by atoms with Crippen molar-refractivity contribution in [3.05, 3.63) is 29.3 Å². The number of hydrogen-bond acceptors (Lipinski definition) is 2. The SMILES string of the molecule is CCNC1CCCN(c2ccc(C)cc2C)C1. The van der Waals surface area contributed by atoms with Crippen LogP contribution in [0.15, 0.2) is 18.2 Å². The van der Waals surface area contributed by atoms with Gasteiger partial charge in [0.15, 0.2) is 0 Å². The van der Waals surface area contributed by atoms with Crippen molar-refractivity contribution in [2.75, 3.05) is 24.5 Å². The van der Waals surface area contributed by atoms with E-state index in [9.17, 15) is 0 Å². The third kappa shape index (κ3) is 3.01. The van der Waals surface area contributed by atoms with Gasteiger partial charge in [-0.15, -0.1) is 0 Å². The first-order chi connectivity index (χ1) is 8.20. The number of anilines is 1. The fraction of sp³-hybridized carbons (Fsp3) is 0.600. The summed E-state index contributed by atoms with van der Waals surface area (Å²) in [4.78, 5) is 2.53. The van der Waals surface area contributed by atoms with E-state index in [-0.39, 0.29) is 0 Å². The molecule has 0 aliphatic carbocycles. The molecule has 1 aromatic carbocycles. The van der Waals surface area contributed by atoms with Gasteiger partial charge >= 0.3 is 0 Å². The summed E-state index contributed by atoms with van der Waals surface area (Å²) in [6.07, 6.45) is 2.61. The van der Waals surface area contributed by atoms with Gasteiger partial charge in [-0.2, -0.15) is 0 Å². The normalized spacial score (nSPS) is 20.6. The lowest BCUT2D eigenvalue weighted by molar-refractivity contribution is 0.431. The predicted octanol–water partition coefficient (Wildman–Crippen LogP) is 2.88. The number of piperidine rings is 1. The van der Waals surface area contributed by atoms with E-state index >= 15 is 0 Å². The van der Waals surface area contributed by atoms with E-state index in [0.29, 0.717) is 6.04 Å². The Hall–Kier alpha value is -1.02. The van der Waals surface area contributed by atoms with Crippen LogP contribution in [0, 0.1) is 13.8 Å². The first-order valence-corrected chi connectivity index (χ1v) is 6.76. The molecular weight excluding hydrogens is 208 g/mol. The molecule has 0 radical (unpaired) electrons. The molecule has 1 aliphatic rings. The van der Waals surface area contributed by atoms with Crippen LogP contribution in [-0.4, -0.2) is 25.7 Å². The van der Waals surface area contributed by atoms with Crippen LogP contribution in [-0.2, 0) is 0 Å². The van der Waals surface area contributed by atoms with Crippen molar-refractivity contribution >= 4 is 5.69 Å². The second-order valence-electron chi connectivity index (χ2n) is 5.13. The molecule has 2 heteroatoms. The minimum absolute atomic E-state index is 0.662. The second kappa shape index (κ2) is 5.54. The number of benzene rings is 1. The number of nitrogens with zero attached hydrogens (tertiary/aromatic N) is 1. The molecule has 0 bridgehead atoms. The van der Waals surface area contributed by atoms with Gasteiger partial charge < -0.3 is 10.2 Å². The van der Waals surface area contributed by atoms with Crippen molar-refractivity contribution in [3.8, 4) is 0 Å². The minimum Gasteiger partial charge on any atom is -0.370 e. The van der Waals surface area contributed by atoms with Crippen molar-refractivity contribution in [3.63, 3.8) is 0 Å². The van der Waals surface area contributed by atoms with Crippen molar-refractivity contribution < 1.29 is 0 Å². The largest absolute Gasteiger partial charge is 0.370 e. The van der Waals surface area contributed by atoms with Gasteiger partial charge in [0, 0.05) is 24.8 Å². The van der Waals surface area contributed by atoms with E-state index in [1.807, 2.05) is 0 Å². The lowest BCUT2D eigenvalue weighted by Gasteiger charge is -2.35. The van der Waals surface area contributed by atoms with E-state index in [1.165, 1.54) is 36.2 Å². The zero-order valence-electron chi connectivity index (χ0n) is 11.3. The highest BCUT2D eigenvalue weighted by atomic mass is 15.2. The molecule has 0 saturated carbocycles. The molecular formula is C15H24N2. The number of hydrogen-bond donors (Lipinski definition) is 1. The smallest absolute Gasteiger partial charge is 0.0396 e. The van der Waals surface area contributed by atoms with Crippen LogP contribution < -0.4 is 10.2 Å². The molecule has 1 aliphatic heterocycles. The Morgan fingerprint density at radius 2 is 2.18 bits per heavy atom. The first kappa shape index (κ1) is 12.4. The topological polar surface area (TPSA) is 15.3 Å². The molecule has 1 fully saturated rings. The summed E-state index contributed by atoms with van der Waals surface area (Å²) >= 11 is 0. The Kier molecular flexibility index (Phi) is 4.06. The fourth-order valence-electron chi connectivity index (χ4n) is 2.81. The lowest BCUT2D eigenvalue weighted by Crippen LogP contribution is -2.45. The van der Waals surface area contributed by atoms with Gasteiger partial charge in [-0.25, -0.2) is 0 Å². The van der Waals surface area contributed by atoms with Gasteiger partial charge in [0.2, 0.25) is 0 Å². The molecule has 17 heavy (non-hydrogen) atoms. The average Bonchev–Trinajstić information content (AvgIpc) is 2.29. The standard InChI is InChI=1S/C15H24N2/c1-4-16-14-6-5-9-17(11-14)15-8-7-12(2)10-13(15)3/h7-8,10,14,16H,4-6,9,11H2,1-3H3. The lowest BCUT2D eigenvalue weighted by atomic mass is 10.0. The van der Waals surface area contributed by atoms with Gasteiger partial charge in [0.1, 0.15) is 0 Å². The third-order valence-electron chi connectivity index (χ3n) is 3.61. The van der Waals surface area contributed by atoms with Crippen LogP contribution in [0.2, 0.25) is 0 Å². The average molecular weight is 232 g/mol. The van der Waals surface area contributed by atoms with E-state index in [0.717, 1.165) is 13.1 Å². The molecule has 2 rings (SSSR count). The van der Waals surface area contributed by atoms with Crippen LogP contribution in [0.5, 0.6) is 0 Å². The van der Waals surface area contributed by atoms with Gasteiger partial charge in [-0.3, -0.25) is 0 Å². The minimum atomic E-state index is 0.662. The molecule has 1 unspecified atom stereocenters.